The number of aryl methyl sites for hydroxylation is 2. The van der Waals surface area contributed by atoms with Crippen molar-refractivity contribution in [1.29, 1.82) is 0 Å². The van der Waals surface area contributed by atoms with Crippen LogP contribution in [0.3, 0.4) is 0 Å². The van der Waals surface area contributed by atoms with E-state index < -0.39 is 0 Å². The van der Waals surface area contributed by atoms with Crippen LogP contribution in [0.5, 0.6) is 0 Å². The van der Waals surface area contributed by atoms with Gasteiger partial charge >= 0.3 is 0 Å². The lowest BCUT2D eigenvalue weighted by molar-refractivity contribution is 0.0913. The first-order valence-corrected chi connectivity index (χ1v) is 8.75. The molecule has 136 valence electrons. The second-order valence-electron chi connectivity index (χ2n) is 7.01. The van der Waals surface area contributed by atoms with Crippen LogP contribution in [0, 0.1) is 26.7 Å². The molecule has 5 heteroatoms. The molecule has 2 heterocycles. The van der Waals surface area contributed by atoms with Crippen LogP contribution in [-0.2, 0) is 0 Å². The van der Waals surface area contributed by atoms with Crippen LogP contribution in [-0.4, -0.2) is 29.6 Å². The van der Waals surface area contributed by atoms with Gasteiger partial charge in [0, 0.05) is 23.1 Å². The van der Waals surface area contributed by atoms with E-state index in [4.69, 9.17) is 0 Å². The van der Waals surface area contributed by atoms with E-state index in [0.717, 1.165) is 42.1 Å². The molecule has 3 rings (SSSR count). The van der Waals surface area contributed by atoms with Crippen LogP contribution in [0.25, 0.3) is 5.69 Å². The highest BCUT2D eigenvalue weighted by molar-refractivity contribution is 5.96. The number of carbonyl (C=O) groups excluding carboxylic acids is 1. The zero-order valence-corrected chi connectivity index (χ0v) is 16.2. The highest BCUT2D eigenvalue weighted by Gasteiger charge is 2.25. The molecule has 25 heavy (non-hydrogen) atoms. The molecule has 0 radical (unpaired) electrons. The van der Waals surface area contributed by atoms with Crippen LogP contribution in [0.4, 0.5) is 0 Å². The number of piperidine rings is 1. The average molecular weight is 362 g/mol. The monoisotopic (exact) mass is 361 g/mol. The van der Waals surface area contributed by atoms with Gasteiger partial charge in [0.1, 0.15) is 0 Å². The van der Waals surface area contributed by atoms with Gasteiger partial charge in [-0.15, -0.1) is 12.4 Å². The van der Waals surface area contributed by atoms with Crippen LogP contribution in [0.1, 0.15) is 40.7 Å². The fraction of sp³-hybridized carbons (Fsp3) is 0.450. The summed E-state index contributed by atoms with van der Waals surface area (Å²) in [4.78, 5) is 12.8. The number of aromatic nitrogens is 1. The number of nitrogens with zero attached hydrogens (tertiary/aromatic N) is 1. The SMILES string of the molecule is Cc1cccc(-n2c(C)cc(C(=O)NC3CCNCC3C)c2C)c1.Cl. The molecule has 1 aromatic heterocycles. The average Bonchev–Trinajstić information content (AvgIpc) is 2.84. The third-order valence-corrected chi connectivity index (χ3v) is 5.04. The smallest absolute Gasteiger partial charge is 0.253 e. The molecule has 1 aromatic carbocycles. The van der Waals surface area contributed by atoms with Crippen LogP contribution < -0.4 is 10.6 Å². The standard InChI is InChI=1S/C20H27N3O.ClH/c1-13-6-5-7-17(10-13)23-15(3)11-18(16(23)4)20(24)22-19-8-9-21-12-14(19)2;/h5-7,10-11,14,19,21H,8-9,12H2,1-4H3,(H,22,24);1H. The fourth-order valence-corrected chi connectivity index (χ4v) is 3.63. The van der Waals surface area contributed by atoms with E-state index in [1.807, 2.05) is 13.0 Å². The molecule has 0 spiro atoms. The molecular formula is C20H28ClN3O. The van der Waals surface area contributed by atoms with Gasteiger partial charge in [-0.05, 0) is 70.0 Å². The first-order valence-electron chi connectivity index (χ1n) is 8.75. The number of benzene rings is 1. The van der Waals surface area contributed by atoms with E-state index in [1.165, 1.54) is 5.56 Å². The Bertz CT molecular complexity index is 753. The van der Waals surface area contributed by atoms with Gasteiger partial charge in [0.05, 0.1) is 5.56 Å². The number of hydrogen-bond acceptors (Lipinski definition) is 2. The van der Waals surface area contributed by atoms with Gasteiger partial charge in [-0.25, -0.2) is 0 Å². The van der Waals surface area contributed by atoms with Crippen molar-refractivity contribution < 1.29 is 4.79 Å². The van der Waals surface area contributed by atoms with Crippen molar-refractivity contribution in [2.75, 3.05) is 13.1 Å². The van der Waals surface area contributed by atoms with Gasteiger partial charge in [-0.1, -0.05) is 19.1 Å². The van der Waals surface area contributed by atoms with E-state index in [2.05, 4.69) is 60.2 Å². The molecule has 0 aliphatic carbocycles. The summed E-state index contributed by atoms with van der Waals surface area (Å²) in [5.74, 6) is 0.503. The van der Waals surface area contributed by atoms with Crippen molar-refractivity contribution in [3.05, 3.63) is 52.8 Å². The Morgan fingerprint density at radius 2 is 2.00 bits per heavy atom. The largest absolute Gasteiger partial charge is 0.349 e. The third kappa shape index (κ3) is 4.07. The summed E-state index contributed by atoms with van der Waals surface area (Å²) in [6.07, 6.45) is 0.990. The van der Waals surface area contributed by atoms with Gasteiger partial charge in [-0.3, -0.25) is 4.79 Å². The quantitative estimate of drug-likeness (QED) is 0.878. The van der Waals surface area contributed by atoms with Gasteiger partial charge in [-0.2, -0.15) is 0 Å². The maximum absolute atomic E-state index is 12.8. The van der Waals surface area contributed by atoms with Crippen LogP contribution in [0.2, 0.25) is 0 Å². The predicted octanol–water partition coefficient (Wildman–Crippen LogP) is 3.55. The van der Waals surface area contributed by atoms with Crippen molar-refractivity contribution in [3.8, 4) is 5.69 Å². The lowest BCUT2D eigenvalue weighted by atomic mass is 9.95. The first kappa shape index (κ1) is 19.5. The van der Waals surface area contributed by atoms with Gasteiger partial charge in [0.2, 0.25) is 0 Å². The maximum atomic E-state index is 12.8. The fourth-order valence-electron chi connectivity index (χ4n) is 3.63. The van der Waals surface area contributed by atoms with Gasteiger partial charge in [0.25, 0.3) is 5.91 Å². The Hall–Kier alpha value is -1.78. The van der Waals surface area contributed by atoms with Crippen molar-refractivity contribution in [2.45, 2.75) is 40.2 Å². The molecular weight excluding hydrogens is 334 g/mol. The van der Waals surface area contributed by atoms with Crippen molar-refractivity contribution >= 4 is 18.3 Å². The van der Waals surface area contributed by atoms with E-state index in [1.54, 1.807) is 0 Å². The van der Waals surface area contributed by atoms with Crippen molar-refractivity contribution in [2.24, 2.45) is 5.92 Å². The number of nitrogens with one attached hydrogen (secondary N) is 2. The molecule has 4 nitrogen and oxygen atoms in total. The highest BCUT2D eigenvalue weighted by atomic mass is 35.5. The zero-order chi connectivity index (χ0) is 17.3. The normalized spacial score (nSPS) is 20.0. The van der Waals surface area contributed by atoms with Gasteiger partial charge in [0.15, 0.2) is 0 Å². The van der Waals surface area contributed by atoms with E-state index >= 15 is 0 Å². The molecule has 1 amide bonds. The number of halogens is 1. The molecule has 2 aromatic rings. The maximum Gasteiger partial charge on any atom is 0.253 e. The van der Waals surface area contributed by atoms with Crippen LogP contribution in [0.15, 0.2) is 30.3 Å². The molecule has 1 aliphatic rings. The summed E-state index contributed by atoms with van der Waals surface area (Å²) < 4.78 is 2.16. The lowest BCUT2D eigenvalue weighted by Crippen LogP contribution is -2.48. The minimum Gasteiger partial charge on any atom is -0.349 e. The summed E-state index contributed by atoms with van der Waals surface area (Å²) in [6, 6.07) is 10.6. The Labute approximate surface area is 156 Å². The molecule has 1 fully saturated rings. The highest BCUT2D eigenvalue weighted by Crippen LogP contribution is 2.22. The minimum absolute atomic E-state index is 0. The van der Waals surface area contributed by atoms with Crippen molar-refractivity contribution in [3.63, 3.8) is 0 Å². The molecule has 1 saturated heterocycles. The van der Waals surface area contributed by atoms with E-state index in [0.29, 0.717) is 5.92 Å². The third-order valence-electron chi connectivity index (χ3n) is 5.04. The first-order chi connectivity index (χ1) is 11.5. The summed E-state index contributed by atoms with van der Waals surface area (Å²) >= 11 is 0. The Morgan fingerprint density at radius 1 is 1.24 bits per heavy atom. The second-order valence-corrected chi connectivity index (χ2v) is 7.01. The van der Waals surface area contributed by atoms with Crippen LogP contribution >= 0.6 is 12.4 Å². The molecule has 2 unspecified atom stereocenters. The molecule has 2 atom stereocenters. The second kappa shape index (κ2) is 8.07. The number of carbonyl (C=O) groups is 1. The molecule has 1 aliphatic heterocycles. The number of hydrogen-bond donors (Lipinski definition) is 2. The molecule has 0 bridgehead atoms. The summed E-state index contributed by atoms with van der Waals surface area (Å²) in [5, 5.41) is 6.61. The number of amides is 1. The lowest BCUT2D eigenvalue weighted by Gasteiger charge is -2.30. The zero-order valence-electron chi connectivity index (χ0n) is 15.4. The summed E-state index contributed by atoms with van der Waals surface area (Å²) in [7, 11) is 0. The van der Waals surface area contributed by atoms with Gasteiger partial charge < -0.3 is 15.2 Å². The Balaban J connectivity index is 0.00000225. The summed E-state index contributed by atoms with van der Waals surface area (Å²) in [5.41, 5.74) is 5.19. The Morgan fingerprint density at radius 3 is 2.68 bits per heavy atom. The topological polar surface area (TPSA) is 46.1 Å². The molecule has 0 saturated carbocycles. The minimum atomic E-state index is 0. The van der Waals surface area contributed by atoms with E-state index in [9.17, 15) is 4.79 Å². The number of rotatable bonds is 3. The summed E-state index contributed by atoms with van der Waals surface area (Å²) in [6.45, 7) is 10.3. The van der Waals surface area contributed by atoms with E-state index in [-0.39, 0.29) is 24.4 Å². The van der Waals surface area contributed by atoms with Crippen molar-refractivity contribution in [1.82, 2.24) is 15.2 Å². The molecule has 2 N–H and O–H groups in total. The predicted molar refractivity (Wildman–Crippen MR) is 105 cm³/mol. The Kier molecular flexibility index (Phi) is 6.31.